The Morgan fingerprint density at radius 3 is 2.40 bits per heavy atom. The molecule has 0 bridgehead atoms. The highest BCUT2D eigenvalue weighted by molar-refractivity contribution is 5.74. The van der Waals surface area contributed by atoms with E-state index < -0.39 is 11.4 Å². The number of likely N-dealkylation sites (tertiary alicyclic amines) is 1. The SMILES string of the molecule is CC1CC(N2CCCC(C(C)(C)C(=O)O)C2)CC(C)O1. The smallest absolute Gasteiger partial charge is 0.309 e. The molecule has 4 heteroatoms. The number of aliphatic carboxylic acids is 1. The first-order valence-electron chi connectivity index (χ1n) is 7.93. The number of hydrogen-bond acceptors (Lipinski definition) is 3. The van der Waals surface area contributed by atoms with Crippen molar-refractivity contribution in [1.82, 2.24) is 4.90 Å². The summed E-state index contributed by atoms with van der Waals surface area (Å²) in [5, 5.41) is 9.44. The van der Waals surface area contributed by atoms with E-state index in [0.29, 0.717) is 18.2 Å². The summed E-state index contributed by atoms with van der Waals surface area (Å²) in [5.74, 6) is -0.416. The summed E-state index contributed by atoms with van der Waals surface area (Å²) < 4.78 is 5.82. The van der Waals surface area contributed by atoms with Gasteiger partial charge in [0.25, 0.3) is 0 Å². The van der Waals surface area contributed by atoms with Gasteiger partial charge in [-0.1, -0.05) is 0 Å². The number of hydrogen-bond donors (Lipinski definition) is 1. The van der Waals surface area contributed by atoms with Gasteiger partial charge in [0.15, 0.2) is 0 Å². The van der Waals surface area contributed by atoms with Gasteiger partial charge in [0.05, 0.1) is 17.6 Å². The average Bonchev–Trinajstić information content (AvgIpc) is 2.37. The third-order valence-electron chi connectivity index (χ3n) is 5.21. The molecule has 2 saturated heterocycles. The van der Waals surface area contributed by atoms with E-state index in [1.54, 1.807) is 0 Å². The number of ether oxygens (including phenoxy) is 1. The Balaban J connectivity index is 2.01. The first-order valence-corrected chi connectivity index (χ1v) is 7.93. The standard InChI is InChI=1S/C16H29NO3/c1-11-8-14(9-12(2)20-11)17-7-5-6-13(10-17)16(3,4)15(18)19/h11-14H,5-10H2,1-4H3,(H,18,19). The maximum absolute atomic E-state index is 11.5. The molecular weight excluding hydrogens is 254 g/mol. The second-order valence-corrected chi connectivity index (χ2v) is 7.24. The van der Waals surface area contributed by atoms with E-state index in [0.717, 1.165) is 38.8 Å². The van der Waals surface area contributed by atoms with Crippen LogP contribution in [0.5, 0.6) is 0 Å². The van der Waals surface area contributed by atoms with Crippen LogP contribution >= 0.6 is 0 Å². The molecule has 2 aliphatic heterocycles. The number of nitrogens with zero attached hydrogens (tertiary/aromatic N) is 1. The van der Waals surface area contributed by atoms with Crippen molar-refractivity contribution in [3.8, 4) is 0 Å². The van der Waals surface area contributed by atoms with E-state index in [-0.39, 0.29) is 5.92 Å². The van der Waals surface area contributed by atoms with Gasteiger partial charge in [-0.25, -0.2) is 0 Å². The fourth-order valence-electron chi connectivity index (χ4n) is 3.77. The zero-order valence-electron chi connectivity index (χ0n) is 13.3. The Kier molecular flexibility index (Phi) is 4.75. The first-order chi connectivity index (χ1) is 9.30. The van der Waals surface area contributed by atoms with Crippen LogP contribution in [0.4, 0.5) is 0 Å². The lowest BCUT2D eigenvalue weighted by Gasteiger charge is -2.45. The van der Waals surface area contributed by atoms with Gasteiger partial charge in [-0.05, 0) is 65.8 Å². The van der Waals surface area contributed by atoms with Crippen molar-refractivity contribution in [2.24, 2.45) is 11.3 Å². The molecule has 116 valence electrons. The summed E-state index contributed by atoms with van der Waals surface area (Å²) in [7, 11) is 0. The fourth-order valence-corrected chi connectivity index (χ4v) is 3.77. The van der Waals surface area contributed by atoms with Gasteiger partial charge in [0, 0.05) is 12.6 Å². The summed E-state index contributed by atoms with van der Waals surface area (Å²) in [5.41, 5.74) is -0.624. The minimum atomic E-state index is -0.668. The average molecular weight is 283 g/mol. The molecule has 0 radical (unpaired) electrons. The van der Waals surface area contributed by atoms with E-state index in [2.05, 4.69) is 18.7 Å². The minimum Gasteiger partial charge on any atom is -0.481 e. The number of rotatable bonds is 3. The van der Waals surface area contributed by atoms with Crippen LogP contribution in [0.15, 0.2) is 0 Å². The zero-order chi connectivity index (χ0) is 14.9. The summed E-state index contributed by atoms with van der Waals surface area (Å²) in [6, 6.07) is 0.557. The second-order valence-electron chi connectivity index (χ2n) is 7.24. The van der Waals surface area contributed by atoms with Gasteiger partial charge >= 0.3 is 5.97 Å². The topological polar surface area (TPSA) is 49.8 Å². The molecule has 3 unspecified atom stereocenters. The molecule has 0 aromatic rings. The third kappa shape index (κ3) is 3.34. The highest BCUT2D eigenvalue weighted by atomic mass is 16.5. The van der Waals surface area contributed by atoms with Crippen molar-refractivity contribution in [2.45, 2.75) is 71.6 Å². The van der Waals surface area contributed by atoms with Crippen molar-refractivity contribution in [1.29, 1.82) is 0 Å². The summed E-state index contributed by atoms with van der Waals surface area (Å²) in [6.07, 6.45) is 4.93. The number of piperidine rings is 1. The van der Waals surface area contributed by atoms with Crippen LogP contribution in [0, 0.1) is 11.3 Å². The molecule has 0 spiro atoms. The molecule has 20 heavy (non-hydrogen) atoms. The van der Waals surface area contributed by atoms with Crippen molar-refractivity contribution in [2.75, 3.05) is 13.1 Å². The molecule has 0 aromatic carbocycles. The number of carboxylic acids is 1. The molecular formula is C16H29NO3. The molecule has 2 rings (SSSR count). The molecule has 2 fully saturated rings. The Hall–Kier alpha value is -0.610. The first kappa shape index (κ1) is 15.8. The van der Waals surface area contributed by atoms with E-state index in [4.69, 9.17) is 4.74 Å². The highest BCUT2D eigenvalue weighted by Crippen LogP contribution is 2.36. The van der Waals surface area contributed by atoms with Crippen molar-refractivity contribution >= 4 is 5.97 Å². The van der Waals surface area contributed by atoms with Crippen LogP contribution in [0.1, 0.15) is 53.4 Å². The van der Waals surface area contributed by atoms with Gasteiger partial charge < -0.3 is 9.84 Å². The lowest BCUT2D eigenvalue weighted by atomic mass is 9.74. The normalized spacial score (nSPS) is 36.8. The van der Waals surface area contributed by atoms with Gasteiger partial charge in [-0.3, -0.25) is 9.69 Å². The number of carbonyl (C=O) groups is 1. The largest absolute Gasteiger partial charge is 0.481 e. The Labute approximate surface area is 122 Å². The van der Waals surface area contributed by atoms with E-state index >= 15 is 0 Å². The van der Waals surface area contributed by atoms with E-state index in [1.165, 1.54) is 0 Å². The van der Waals surface area contributed by atoms with Gasteiger partial charge in [-0.2, -0.15) is 0 Å². The predicted molar refractivity (Wildman–Crippen MR) is 78.7 cm³/mol. The maximum Gasteiger partial charge on any atom is 0.309 e. The molecule has 2 heterocycles. The minimum absolute atomic E-state index is 0.252. The molecule has 4 nitrogen and oxygen atoms in total. The number of carboxylic acid groups (broad SMARTS) is 1. The van der Waals surface area contributed by atoms with Crippen LogP contribution in [0.2, 0.25) is 0 Å². The molecule has 1 N–H and O–H groups in total. The zero-order valence-corrected chi connectivity index (χ0v) is 13.3. The quantitative estimate of drug-likeness (QED) is 0.865. The van der Waals surface area contributed by atoms with Crippen LogP contribution in [-0.4, -0.2) is 47.3 Å². The van der Waals surface area contributed by atoms with Crippen molar-refractivity contribution < 1.29 is 14.6 Å². The second kappa shape index (κ2) is 6.02. The van der Waals surface area contributed by atoms with Gasteiger partial charge in [-0.15, -0.1) is 0 Å². The Morgan fingerprint density at radius 1 is 1.25 bits per heavy atom. The van der Waals surface area contributed by atoms with Gasteiger partial charge in [0.2, 0.25) is 0 Å². The van der Waals surface area contributed by atoms with E-state index in [1.807, 2.05) is 13.8 Å². The Morgan fingerprint density at radius 2 is 1.85 bits per heavy atom. The lowest BCUT2D eigenvalue weighted by Crippen LogP contribution is -2.51. The van der Waals surface area contributed by atoms with Crippen LogP contribution < -0.4 is 0 Å². The molecule has 3 atom stereocenters. The third-order valence-corrected chi connectivity index (χ3v) is 5.21. The molecule has 0 saturated carbocycles. The molecule has 0 aromatic heterocycles. The van der Waals surface area contributed by atoms with Crippen LogP contribution in [0.25, 0.3) is 0 Å². The highest BCUT2D eigenvalue weighted by Gasteiger charge is 2.41. The summed E-state index contributed by atoms with van der Waals surface area (Å²) in [6.45, 7) is 10.1. The predicted octanol–water partition coefficient (Wildman–Crippen LogP) is 2.77. The molecule has 0 amide bonds. The van der Waals surface area contributed by atoms with E-state index in [9.17, 15) is 9.90 Å². The van der Waals surface area contributed by atoms with Crippen LogP contribution in [-0.2, 0) is 9.53 Å². The maximum atomic E-state index is 11.5. The Bertz CT molecular complexity index is 346. The van der Waals surface area contributed by atoms with Crippen molar-refractivity contribution in [3.63, 3.8) is 0 Å². The van der Waals surface area contributed by atoms with Gasteiger partial charge in [0.1, 0.15) is 0 Å². The monoisotopic (exact) mass is 283 g/mol. The summed E-state index contributed by atoms with van der Waals surface area (Å²) in [4.78, 5) is 14.0. The van der Waals surface area contributed by atoms with Crippen molar-refractivity contribution in [3.05, 3.63) is 0 Å². The molecule has 0 aliphatic carbocycles. The summed E-state index contributed by atoms with van der Waals surface area (Å²) >= 11 is 0. The van der Waals surface area contributed by atoms with Crippen LogP contribution in [0.3, 0.4) is 0 Å². The molecule has 2 aliphatic rings. The fraction of sp³-hybridized carbons (Fsp3) is 0.938. The lowest BCUT2D eigenvalue weighted by molar-refractivity contribution is -0.152.